The monoisotopic (exact) mass is 319 g/mol. The number of nitrogen functional groups attached to an aromatic ring is 1. The van der Waals surface area contributed by atoms with Crippen molar-refractivity contribution >= 4 is 27.5 Å². The van der Waals surface area contributed by atoms with Crippen LogP contribution in [0.5, 0.6) is 0 Å². The van der Waals surface area contributed by atoms with Crippen LogP contribution in [0.1, 0.15) is 21.6 Å². The lowest BCUT2D eigenvalue weighted by Gasteiger charge is -2.08. The number of halogens is 1. The summed E-state index contributed by atoms with van der Waals surface area (Å²) in [5, 5.41) is 2.83. The first kappa shape index (κ1) is 13.5. The maximum absolute atomic E-state index is 12.0. The van der Waals surface area contributed by atoms with Gasteiger partial charge >= 0.3 is 0 Å². The second kappa shape index (κ2) is 5.84. The first-order valence-electron chi connectivity index (χ1n) is 5.81. The number of nitrogens with two attached hydrogens (primary N) is 1. The number of carbonyl (C=O) groups excluding carboxylic acids is 1. The van der Waals surface area contributed by atoms with Crippen LogP contribution in [-0.2, 0) is 6.54 Å². The van der Waals surface area contributed by atoms with Crippen molar-refractivity contribution in [1.29, 1.82) is 0 Å². The highest BCUT2D eigenvalue weighted by Crippen LogP contribution is 2.17. The molecular weight excluding hydrogens is 306 g/mol. The van der Waals surface area contributed by atoms with Gasteiger partial charge in [0.05, 0.1) is 12.2 Å². The Labute approximate surface area is 120 Å². The molecule has 1 heterocycles. The molecule has 0 unspecified atom stereocenters. The van der Waals surface area contributed by atoms with Gasteiger partial charge < -0.3 is 11.1 Å². The second-order valence-corrected chi connectivity index (χ2v) is 5.14. The van der Waals surface area contributed by atoms with Gasteiger partial charge in [-0.2, -0.15) is 0 Å². The van der Waals surface area contributed by atoms with E-state index in [1.165, 1.54) is 0 Å². The van der Waals surface area contributed by atoms with Crippen LogP contribution in [0.2, 0.25) is 0 Å². The summed E-state index contributed by atoms with van der Waals surface area (Å²) in [4.78, 5) is 16.2. The van der Waals surface area contributed by atoms with Crippen LogP contribution in [0.4, 0.5) is 5.69 Å². The first-order valence-corrected chi connectivity index (χ1v) is 6.60. The number of amides is 1. The number of nitrogens with zero attached hydrogens (tertiary/aromatic N) is 1. The van der Waals surface area contributed by atoms with E-state index in [4.69, 9.17) is 5.73 Å². The van der Waals surface area contributed by atoms with E-state index in [0.717, 1.165) is 15.7 Å². The summed E-state index contributed by atoms with van der Waals surface area (Å²) >= 11 is 3.32. The van der Waals surface area contributed by atoms with Crippen LogP contribution in [0.25, 0.3) is 0 Å². The van der Waals surface area contributed by atoms with Gasteiger partial charge in [0.2, 0.25) is 0 Å². The Morgan fingerprint density at radius 2 is 2.21 bits per heavy atom. The van der Waals surface area contributed by atoms with Crippen LogP contribution in [0, 0.1) is 6.92 Å². The third-order valence-electron chi connectivity index (χ3n) is 2.72. The average Bonchev–Trinajstić information content (AvgIpc) is 2.36. The number of pyridine rings is 1. The van der Waals surface area contributed by atoms with E-state index in [1.807, 2.05) is 19.1 Å². The maximum atomic E-state index is 12.0. The van der Waals surface area contributed by atoms with Crippen LogP contribution in [-0.4, -0.2) is 10.9 Å². The Morgan fingerprint density at radius 1 is 1.42 bits per heavy atom. The summed E-state index contributed by atoms with van der Waals surface area (Å²) in [6.07, 6.45) is 1.71. The van der Waals surface area contributed by atoms with Gasteiger partial charge in [-0.15, -0.1) is 0 Å². The van der Waals surface area contributed by atoms with E-state index in [1.54, 1.807) is 24.4 Å². The summed E-state index contributed by atoms with van der Waals surface area (Å²) in [6, 6.07) is 8.96. The van der Waals surface area contributed by atoms with Crippen molar-refractivity contribution in [3.8, 4) is 0 Å². The third-order valence-corrected chi connectivity index (χ3v) is 3.17. The molecule has 3 N–H and O–H groups in total. The van der Waals surface area contributed by atoms with Crippen LogP contribution >= 0.6 is 15.9 Å². The molecule has 1 aromatic heterocycles. The van der Waals surface area contributed by atoms with Crippen molar-refractivity contribution in [2.45, 2.75) is 13.5 Å². The standard InChI is InChI=1S/C14H14BrN3O/c1-9-3-2-4-17-13(9)8-18-14(19)10-5-11(15)7-12(16)6-10/h2-7H,8,16H2,1H3,(H,18,19). The van der Waals surface area contributed by atoms with Crippen LogP contribution in [0.15, 0.2) is 41.0 Å². The topological polar surface area (TPSA) is 68.0 Å². The molecule has 19 heavy (non-hydrogen) atoms. The average molecular weight is 320 g/mol. The smallest absolute Gasteiger partial charge is 0.251 e. The predicted octanol–water partition coefficient (Wildman–Crippen LogP) is 2.66. The molecule has 1 aromatic carbocycles. The Hall–Kier alpha value is -1.88. The largest absolute Gasteiger partial charge is 0.399 e. The van der Waals surface area contributed by atoms with Crippen molar-refractivity contribution in [2.24, 2.45) is 0 Å². The predicted molar refractivity (Wildman–Crippen MR) is 78.7 cm³/mol. The Balaban J connectivity index is 2.08. The molecule has 0 radical (unpaired) electrons. The lowest BCUT2D eigenvalue weighted by atomic mass is 10.2. The van der Waals surface area contributed by atoms with Gasteiger partial charge in [-0.05, 0) is 36.8 Å². The van der Waals surface area contributed by atoms with Gasteiger partial charge in [0, 0.05) is 21.9 Å². The fraction of sp³-hybridized carbons (Fsp3) is 0.143. The molecule has 0 aliphatic carbocycles. The Bertz CT molecular complexity index is 593. The fourth-order valence-electron chi connectivity index (χ4n) is 1.71. The molecule has 4 nitrogen and oxygen atoms in total. The first-order chi connectivity index (χ1) is 9.06. The molecular formula is C14H14BrN3O. The molecule has 0 bridgehead atoms. The normalized spacial score (nSPS) is 10.2. The molecule has 0 atom stereocenters. The molecule has 1 amide bonds. The van der Waals surface area contributed by atoms with E-state index in [2.05, 4.69) is 26.2 Å². The van der Waals surface area contributed by atoms with Gasteiger partial charge in [0.1, 0.15) is 0 Å². The highest BCUT2D eigenvalue weighted by Gasteiger charge is 2.08. The number of carbonyl (C=O) groups is 1. The molecule has 0 saturated heterocycles. The second-order valence-electron chi connectivity index (χ2n) is 4.22. The van der Waals surface area contributed by atoms with Crippen molar-refractivity contribution in [1.82, 2.24) is 10.3 Å². The number of nitrogens with one attached hydrogen (secondary N) is 1. The van der Waals surface area contributed by atoms with Crippen molar-refractivity contribution in [3.63, 3.8) is 0 Å². The minimum atomic E-state index is -0.168. The number of hydrogen-bond acceptors (Lipinski definition) is 3. The summed E-state index contributed by atoms with van der Waals surface area (Å²) in [5.41, 5.74) is 8.70. The van der Waals surface area contributed by atoms with Gasteiger partial charge in [-0.1, -0.05) is 22.0 Å². The summed E-state index contributed by atoms with van der Waals surface area (Å²) in [5.74, 6) is -0.168. The van der Waals surface area contributed by atoms with E-state index in [9.17, 15) is 4.79 Å². The SMILES string of the molecule is Cc1cccnc1CNC(=O)c1cc(N)cc(Br)c1. The van der Waals surface area contributed by atoms with Crippen LogP contribution < -0.4 is 11.1 Å². The van der Waals surface area contributed by atoms with E-state index in [0.29, 0.717) is 17.8 Å². The van der Waals surface area contributed by atoms with Crippen molar-refractivity contribution in [2.75, 3.05) is 5.73 Å². The third kappa shape index (κ3) is 3.54. The van der Waals surface area contributed by atoms with E-state index < -0.39 is 0 Å². The lowest BCUT2D eigenvalue weighted by molar-refractivity contribution is 0.0950. The number of aromatic nitrogens is 1. The Kier molecular flexibility index (Phi) is 4.16. The fourth-order valence-corrected chi connectivity index (χ4v) is 2.22. The van der Waals surface area contributed by atoms with E-state index in [-0.39, 0.29) is 5.91 Å². The van der Waals surface area contributed by atoms with Gasteiger partial charge in [0.15, 0.2) is 0 Å². The number of rotatable bonds is 3. The molecule has 0 aliphatic rings. The van der Waals surface area contributed by atoms with Gasteiger partial charge in [-0.25, -0.2) is 0 Å². The number of aryl methyl sites for hydroxylation is 1. The number of hydrogen-bond donors (Lipinski definition) is 2. The molecule has 0 saturated carbocycles. The number of benzene rings is 1. The minimum Gasteiger partial charge on any atom is -0.399 e. The molecule has 0 fully saturated rings. The quantitative estimate of drug-likeness (QED) is 0.855. The highest BCUT2D eigenvalue weighted by molar-refractivity contribution is 9.10. The highest BCUT2D eigenvalue weighted by atomic mass is 79.9. The summed E-state index contributed by atoms with van der Waals surface area (Å²) in [7, 11) is 0. The summed E-state index contributed by atoms with van der Waals surface area (Å²) in [6.45, 7) is 2.36. The molecule has 5 heteroatoms. The minimum absolute atomic E-state index is 0.168. The zero-order valence-electron chi connectivity index (χ0n) is 10.5. The molecule has 2 aromatic rings. The van der Waals surface area contributed by atoms with Crippen molar-refractivity contribution in [3.05, 3.63) is 57.8 Å². The number of anilines is 1. The van der Waals surface area contributed by atoms with Gasteiger partial charge in [-0.3, -0.25) is 9.78 Å². The molecule has 0 aliphatic heterocycles. The van der Waals surface area contributed by atoms with Crippen LogP contribution in [0.3, 0.4) is 0 Å². The van der Waals surface area contributed by atoms with Crippen molar-refractivity contribution < 1.29 is 4.79 Å². The zero-order valence-corrected chi connectivity index (χ0v) is 12.1. The molecule has 98 valence electrons. The summed E-state index contributed by atoms with van der Waals surface area (Å²) < 4.78 is 0.784. The zero-order chi connectivity index (χ0) is 13.8. The van der Waals surface area contributed by atoms with E-state index >= 15 is 0 Å². The maximum Gasteiger partial charge on any atom is 0.251 e. The molecule has 2 rings (SSSR count). The van der Waals surface area contributed by atoms with Gasteiger partial charge in [0.25, 0.3) is 5.91 Å². The lowest BCUT2D eigenvalue weighted by Crippen LogP contribution is -2.23. The molecule has 0 spiro atoms. The Morgan fingerprint density at radius 3 is 2.89 bits per heavy atom.